The van der Waals surface area contributed by atoms with Crippen molar-refractivity contribution in [3.63, 3.8) is 0 Å². The van der Waals surface area contributed by atoms with Crippen LogP contribution in [0, 0.1) is 0 Å². The predicted molar refractivity (Wildman–Crippen MR) is 87.7 cm³/mol. The van der Waals surface area contributed by atoms with Crippen LogP contribution in [0.3, 0.4) is 0 Å². The van der Waals surface area contributed by atoms with E-state index in [1.165, 1.54) is 0 Å². The molecule has 0 spiro atoms. The van der Waals surface area contributed by atoms with E-state index in [-0.39, 0.29) is 0 Å². The van der Waals surface area contributed by atoms with Crippen molar-refractivity contribution in [3.8, 4) is 11.3 Å². The summed E-state index contributed by atoms with van der Waals surface area (Å²) < 4.78 is 4.64. The monoisotopic (exact) mass is 292 g/mol. The number of rotatable bonds is 6. The first kappa shape index (κ1) is 14.1. The number of para-hydroxylation sites is 1. The molecule has 0 saturated carbocycles. The van der Waals surface area contributed by atoms with Gasteiger partial charge in [0.05, 0.1) is 11.2 Å². The molecule has 1 N–H and O–H groups in total. The molecule has 0 aliphatic heterocycles. The number of hydrogen-bond donors (Lipinski definition) is 1. The first-order valence-electron chi connectivity index (χ1n) is 7.12. The Morgan fingerprint density at radius 1 is 1.00 bits per heavy atom. The molecule has 0 bridgehead atoms. The summed E-state index contributed by atoms with van der Waals surface area (Å²) in [7, 11) is 0. The lowest BCUT2D eigenvalue weighted by Gasteiger charge is -2.07. The Labute approximate surface area is 128 Å². The fraction of sp³-hybridized carbons (Fsp3) is 0.111. The molecule has 0 saturated heterocycles. The highest BCUT2D eigenvalue weighted by molar-refractivity contribution is 5.81. The highest BCUT2D eigenvalue weighted by atomic mass is 16.5. The van der Waals surface area contributed by atoms with Crippen molar-refractivity contribution < 1.29 is 9.53 Å². The summed E-state index contributed by atoms with van der Waals surface area (Å²) in [4.78, 5) is 14.7. The number of aromatic nitrogens is 1. The van der Waals surface area contributed by atoms with Crippen LogP contribution in [-0.4, -0.2) is 24.6 Å². The summed E-state index contributed by atoms with van der Waals surface area (Å²) in [5.41, 5.74) is 4.00. The fourth-order valence-corrected chi connectivity index (χ4v) is 2.29. The zero-order valence-corrected chi connectivity index (χ0v) is 12.0. The van der Waals surface area contributed by atoms with Gasteiger partial charge in [0, 0.05) is 23.2 Å². The molecule has 0 atom stereocenters. The first-order valence-corrected chi connectivity index (χ1v) is 7.12. The van der Waals surface area contributed by atoms with Gasteiger partial charge in [-0.25, -0.2) is 4.98 Å². The smallest absolute Gasteiger partial charge is 0.293 e. The van der Waals surface area contributed by atoms with E-state index in [1.807, 2.05) is 48.5 Å². The van der Waals surface area contributed by atoms with Crippen LogP contribution in [0.25, 0.3) is 22.2 Å². The van der Waals surface area contributed by atoms with Crippen LogP contribution in [0.1, 0.15) is 0 Å². The number of anilines is 1. The quantitative estimate of drug-likeness (QED) is 0.558. The molecule has 0 aliphatic rings. The lowest BCUT2D eigenvalue weighted by Crippen LogP contribution is -2.08. The SMILES string of the molecule is O=COCCNc1ccc(-c2ccc3ccccc3n2)cc1. The number of carbonyl (C=O) groups excluding carboxylic acids is 1. The van der Waals surface area contributed by atoms with E-state index in [9.17, 15) is 4.79 Å². The van der Waals surface area contributed by atoms with E-state index in [1.54, 1.807) is 0 Å². The lowest BCUT2D eigenvalue weighted by atomic mass is 10.1. The Kier molecular flexibility index (Phi) is 4.30. The number of benzene rings is 2. The normalized spacial score (nSPS) is 10.4. The molecule has 0 amide bonds. The van der Waals surface area contributed by atoms with Gasteiger partial charge in [0.1, 0.15) is 6.61 Å². The number of carbonyl (C=O) groups is 1. The van der Waals surface area contributed by atoms with Crippen molar-refractivity contribution in [3.05, 3.63) is 60.7 Å². The van der Waals surface area contributed by atoms with E-state index in [4.69, 9.17) is 0 Å². The van der Waals surface area contributed by atoms with E-state index in [0.717, 1.165) is 27.8 Å². The topological polar surface area (TPSA) is 51.2 Å². The molecule has 0 aliphatic carbocycles. The standard InChI is InChI=1S/C18H16N2O2/c21-13-22-12-11-19-16-8-5-15(6-9-16)18-10-7-14-3-1-2-4-17(14)20-18/h1-10,13,19H,11-12H2. The first-order chi connectivity index (χ1) is 10.9. The van der Waals surface area contributed by atoms with Gasteiger partial charge < -0.3 is 10.1 Å². The van der Waals surface area contributed by atoms with Crippen molar-refractivity contribution in [2.75, 3.05) is 18.5 Å². The maximum atomic E-state index is 10.1. The average Bonchev–Trinajstić information content (AvgIpc) is 2.59. The maximum Gasteiger partial charge on any atom is 0.293 e. The molecule has 1 heterocycles. The summed E-state index contributed by atoms with van der Waals surface area (Å²) in [5.74, 6) is 0. The highest BCUT2D eigenvalue weighted by Gasteiger charge is 2.01. The van der Waals surface area contributed by atoms with Gasteiger partial charge in [0.2, 0.25) is 0 Å². The second kappa shape index (κ2) is 6.72. The van der Waals surface area contributed by atoms with Gasteiger partial charge in [-0.3, -0.25) is 4.79 Å². The number of hydrogen-bond acceptors (Lipinski definition) is 4. The summed E-state index contributed by atoms with van der Waals surface area (Å²) in [6.45, 7) is 1.40. The average molecular weight is 292 g/mol. The Bertz CT molecular complexity index is 769. The van der Waals surface area contributed by atoms with Gasteiger partial charge in [0.15, 0.2) is 0 Å². The van der Waals surface area contributed by atoms with Gasteiger partial charge >= 0.3 is 0 Å². The molecular formula is C18H16N2O2. The molecule has 22 heavy (non-hydrogen) atoms. The molecule has 1 aromatic heterocycles. The summed E-state index contributed by atoms with van der Waals surface area (Å²) >= 11 is 0. The van der Waals surface area contributed by atoms with Crippen LogP contribution in [0.5, 0.6) is 0 Å². The van der Waals surface area contributed by atoms with Gasteiger partial charge in [-0.15, -0.1) is 0 Å². The minimum Gasteiger partial charge on any atom is -0.466 e. The zero-order chi connectivity index (χ0) is 15.2. The molecule has 110 valence electrons. The minimum atomic E-state index is 0.359. The maximum absolute atomic E-state index is 10.1. The predicted octanol–water partition coefficient (Wildman–Crippen LogP) is 3.49. The largest absolute Gasteiger partial charge is 0.466 e. The minimum absolute atomic E-state index is 0.359. The second-order valence-corrected chi connectivity index (χ2v) is 4.86. The van der Waals surface area contributed by atoms with Crippen molar-refractivity contribution in [2.45, 2.75) is 0 Å². The van der Waals surface area contributed by atoms with Crippen LogP contribution in [0.4, 0.5) is 5.69 Å². The Morgan fingerprint density at radius 2 is 1.82 bits per heavy atom. The Hall–Kier alpha value is -2.88. The molecule has 0 fully saturated rings. The van der Waals surface area contributed by atoms with Crippen molar-refractivity contribution >= 4 is 23.1 Å². The van der Waals surface area contributed by atoms with E-state index < -0.39 is 0 Å². The summed E-state index contributed by atoms with van der Waals surface area (Å²) in [6, 6.07) is 20.2. The third kappa shape index (κ3) is 3.23. The van der Waals surface area contributed by atoms with Crippen LogP contribution in [0.15, 0.2) is 60.7 Å². The van der Waals surface area contributed by atoms with Crippen LogP contribution in [-0.2, 0) is 9.53 Å². The number of nitrogens with one attached hydrogen (secondary N) is 1. The molecule has 0 unspecified atom stereocenters. The van der Waals surface area contributed by atoms with E-state index >= 15 is 0 Å². The highest BCUT2D eigenvalue weighted by Crippen LogP contribution is 2.22. The number of ether oxygens (including phenoxy) is 1. The van der Waals surface area contributed by atoms with Gasteiger partial charge in [-0.1, -0.05) is 36.4 Å². The lowest BCUT2D eigenvalue weighted by molar-refractivity contribution is -0.128. The molecule has 3 rings (SSSR count). The van der Waals surface area contributed by atoms with Crippen LogP contribution < -0.4 is 5.32 Å². The third-order valence-electron chi connectivity index (χ3n) is 3.40. The molecule has 2 aromatic carbocycles. The molecule has 4 nitrogen and oxygen atoms in total. The molecule has 3 aromatic rings. The third-order valence-corrected chi connectivity index (χ3v) is 3.40. The van der Waals surface area contributed by atoms with Crippen molar-refractivity contribution in [2.24, 2.45) is 0 Å². The number of nitrogens with zero attached hydrogens (tertiary/aromatic N) is 1. The Balaban J connectivity index is 1.74. The molecule has 0 radical (unpaired) electrons. The molecule has 4 heteroatoms. The van der Waals surface area contributed by atoms with Gasteiger partial charge in [-0.2, -0.15) is 0 Å². The second-order valence-electron chi connectivity index (χ2n) is 4.86. The summed E-state index contributed by atoms with van der Waals surface area (Å²) in [5, 5.41) is 4.32. The van der Waals surface area contributed by atoms with E-state index in [0.29, 0.717) is 19.6 Å². The molecular weight excluding hydrogens is 276 g/mol. The van der Waals surface area contributed by atoms with Crippen LogP contribution >= 0.6 is 0 Å². The summed E-state index contributed by atoms with van der Waals surface area (Å²) in [6.07, 6.45) is 0. The fourth-order valence-electron chi connectivity index (χ4n) is 2.29. The zero-order valence-electron chi connectivity index (χ0n) is 12.0. The Morgan fingerprint density at radius 3 is 2.64 bits per heavy atom. The van der Waals surface area contributed by atoms with Gasteiger partial charge in [-0.05, 0) is 24.3 Å². The van der Waals surface area contributed by atoms with Gasteiger partial charge in [0.25, 0.3) is 6.47 Å². The van der Waals surface area contributed by atoms with Crippen molar-refractivity contribution in [1.82, 2.24) is 4.98 Å². The number of fused-ring (bicyclic) bond motifs is 1. The number of pyridine rings is 1. The van der Waals surface area contributed by atoms with Crippen LogP contribution in [0.2, 0.25) is 0 Å². The van der Waals surface area contributed by atoms with Crippen molar-refractivity contribution in [1.29, 1.82) is 0 Å². The van der Waals surface area contributed by atoms with E-state index in [2.05, 4.69) is 27.2 Å².